The van der Waals surface area contributed by atoms with Crippen molar-refractivity contribution < 1.29 is 8.42 Å². The zero-order valence-electron chi connectivity index (χ0n) is 11.7. The van der Waals surface area contributed by atoms with Crippen molar-refractivity contribution >= 4 is 56.2 Å². The van der Waals surface area contributed by atoms with Gasteiger partial charge < -0.3 is 10.6 Å². The van der Waals surface area contributed by atoms with E-state index in [0.717, 1.165) is 5.56 Å². The Balaban J connectivity index is 1.94. The molecule has 9 heteroatoms. The second-order valence-corrected chi connectivity index (χ2v) is 7.43. The Morgan fingerprint density at radius 2 is 1.78 bits per heavy atom. The molecule has 0 radical (unpaired) electrons. The maximum atomic E-state index is 11.2. The van der Waals surface area contributed by atoms with Gasteiger partial charge in [-0.05, 0) is 54.2 Å². The van der Waals surface area contributed by atoms with Crippen LogP contribution in [0.25, 0.3) is 0 Å². The summed E-state index contributed by atoms with van der Waals surface area (Å²) in [7, 11) is -3.70. The van der Waals surface area contributed by atoms with Gasteiger partial charge >= 0.3 is 0 Å². The Kier molecular flexibility index (Phi) is 5.83. The first-order chi connectivity index (χ1) is 10.8. The maximum Gasteiger partial charge on any atom is 0.238 e. The van der Waals surface area contributed by atoms with Gasteiger partial charge in [0.2, 0.25) is 10.0 Å². The van der Waals surface area contributed by atoms with Crippen LogP contribution in [0.2, 0.25) is 10.0 Å². The quantitative estimate of drug-likeness (QED) is 0.699. The molecule has 0 amide bonds. The first-order valence-electron chi connectivity index (χ1n) is 6.37. The second kappa shape index (κ2) is 7.46. The van der Waals surface area contributed by atoms with Crippen LogP contribution in [-0.4, -0.2) is 13.5 Å². The van der Waals surface area contributed by atoms with E-state index < -0.39 is 10.0 Å². The molecular weight excluding hydrogens is 377 g/mol. The highest BCUT2D eigenvalue weighted by molar-refractivity contribution is 7.89. The van der Waals surface area contributed by atoms with E-state index in [4.69, 9.17) is 40.6 Å². The summed E-state index contributed by atoms with van der Waals surface area (Å²) < 4.78 is 22.4. The van der Waals surface area contributed by atoms with Crippen LogP contribution in [0.5, 0.6) is 0 Å². The minimum absolute atomic E-state index is 0.0369. The average molecular weight is 390 g/mol. The summed E-state index contributed by atoms with van der Waals surface area (Å²) in [6, 6.07) is 11.1. The van der Waals surface area contributed by atoms with Crippen molar-refractivity contribution in [1.29, 1.82) is 0 Å². The van der Waals surface area contributed by atoms with Crippen LogP contribution < -0.4 is 15.8 Å². The van der Waals surface area contributed by atoms with Gasteiger partial charge in [0.25, 0.3) is 0 Å². The lowest BCUT2D eigenvalue weighted by atomic mass is 10.2. The van der Waals surface area contributed by atoms with Crippen molar-refractivity contribution in [2.75, 3.05) is 5.32 Å². The lowest BCUT2D eigenvalue weighted by Crippen LogP contribution is -2.28. The zero-order chi connectivity index (χ0) is 17.0. The van der Waals surface area contributed by atoms with E-state index in [1.165, 1.54) is 12.1 Å². The number of anilines is 1. The molecule has 2 aromatic carbocycles. The van der Waals surface area contributed by atoms with Crippen LogP contribution in [0, 0.1) is 0 Å². The van der Waals surface area contributed by atoms with E-state index in [1.807, 2.05) is 0 Å². The third kappa shape index (κ3) is 5.33. The predicted octanol–water partition coefficient (Wildman–Crippen LogP) is 3.13. The molecule has 0 saturated heterocycles. The number of hydrogen-bond donors (Lipinski definition) is 3. The van der Waals surface area contributed by atoms with Gasteiger partial charge in [0.1, 0.15) is 0 Å². The summed E-state index contributed by atoms with van der Waals surface area (Å²) >= 11 is 17.1. The highest BCUT2D eigenvalue weighted by atomic mass is 35.5. The third-order valence-electron chi connectivity index (χ3n) is 2.90. The van der Waals surface area contributed by atoms with Crippen molar-refractivity contribution in [3.8, 4) is 0 Å². The van der Waals surface area contributed by atoms with Crippen LogP contribution in [0.3, 0.4) is 0 Å². The number of sulfonamides is 1. The number of primary sulfonamides is 1. The van der Waals surface area contributed by atoms with Gasteiger partial charge in [-0.25, -0.2) is 13.6 Å². The van der Waals surface area contributed by atoms with E-state index in [1.54, 1.807) is 30.3 Å². The molecule has 2 rings (SSSR count). The molecule has 0 atom stereocenters. The lowest BCUT2D eigenvalue weighted by molar-refractivity contribution is 0.598. The first kappa shape index (κ1) is 18.0. The first-order valence-corrected chi connectivity index (χ1v) is 9.08. The summed E-state index contributed by atoms with van der Waals surface area (Å²) in [6.07, 6.45) is 0. The number of nitrogens with two attached hydrogens (primary N) is 1. The smallest absolute Gasteiger partial charge is 0.238 e. The molecule has 0 spiro atoms. The molecule has 0 saturated carbocycles. The number of halogens is 2. The molecule has 2 aromatic rings. The summed E-state index contributed by atoms with van der Waals surface area (Å²) in [5.74, 6) is 0. The van der Waals surface area contributed by atoms with E-state index >= 15 is 0 Å². The van der Waals surface area contributed by atoms with Crippen LogP contribution in [0.4, 0.5) is 5.69 Å². The molecule has 5 nitrogen and oxygen atoms in total. The Morgan fingerprint density at radius 1 is 1.13 bits per heavy atom. The van der Waals surface area contributed by atoms with Gasteiger partial charge in [0, 0.05) is 22.3 Å². The molecule has 0 aliphatic rings. The van der Waals surface area contributed by atoms with Crippen LogP contribution in [-0.2, 0) is 16.6 Å². The summed E-state index contributed by atoms with van der Waals surface area (Å²) in [4.78, 5) is 0.0369. The topological polar surface area (TPSA) is 84.2 Å². The lowest BCUT2D eigenvalue weighted by Gasteiger charge is -2.12. The summed E-state index contributed by atoms with van der Waals surface area (Å²) in [5, 5.41) is 12.5. The fourth-order valence-corrected chi connectivity index (χ4v) is 2.92. The predicted molar refractivity (Wildman–Crippen MR) is 97.3 cm³/mol. The molecule has 0 unspecified atom stereocenters. The minimum atomic E-state index is -3.70. The highest BCUT2D eigenvalue weighted by Crippen LogP contribution is 2.20. The van der Waals surface area contributed by atoms with Crippen LogP contribution in [0.15, 0.2) is 47.4 Å². The molecule has 0 aliphatic heterocycles. The van der Waals surface area contributed by atoms with Gasteiger partial charge in [-0.15, -0.1) is 0 Å². The Labute approximate surface area is 149 Å². The summed E-state index contributed by atoms with van der Waals surface area (Å²) in [6.45, 7) is 0.428. The maximum absolute atomic E-state index is 11.2. The van der Waals surface area contributed by atoms with Crippen molar-refractivity contribution in [3.05, 3.63) is 58.1 Å². The Morgan fingerprint density at radius 3 is 2.35 bits per heavy atom. The number of hydrogen-bond acceptors (Lipinski definition) is 3. The average Bonchev–Trinajstić information content (AvgIpc) is 2.46. The minimum Gasteiger partial charge on any atom is -0.358 e. The Bertz CT molecular complexity index is 824. The van der Waals surface area contributed by atoms with Crippen molar-refractivity contribution in [2.45, 2.75) is 11.4 Å². The molecule has 0 heterocycles. The standard InChI is InChI=1S/C14H13Cl2N3O2S2/c15-10-2-1-9(13(16)7-10)8-18-14(22)19-11-3-5-12(6-4-11)23(17,20)21/h1-7H,8H2,(H2,17,20,21)(H2,18,19,22). The number of rotatable bonds is 4. The summed E-state index contributed by atoms with van der Waals surface area (Å²) in [5.41, 5.74) is 1.49. The van der Waals surface area contributed by atoms with Crippen LogP contribution >= 0.6 is 35.4 Å². The largest absolute Gasteiger partial charge is 0.358 e. The van der Waals surface area contributed by atoms with Gasteiger partial charge in [0.15, 0.2) is 5.11 Å². The second-order valence-electron chi connectivity index (χ2n) is 4.61. The van der Waals surface area contributed by atoms with E-state index in [2.05, 4.69) is 10.6 Å². The fourth-order valence-electron chi connectivity index (χ4n) is 1.74. The molecule has 23 heavy (non-hydrogen) atoms. The highest BCUT2D eigenvalue weighted by Gasteiger charge is 2.07. The number of nitrogens with one attached hydrogen (secondary N) is 2. The van der Waals surface area contributed by atoms with E-state index in [-0.39, 0.29) is 4.90 Å². The number of benzene rings is 2. The van der Waals surface area contributed by atoms with Gasteiger partial charge in [-0.1, -0.05) is 29.3 Å². The van der Waals surface area contributed by atoms with Gasteiger partial charge in [-0.3, -0.25) is 0 Å². The van der Waals surface area contributed by atoms with Gasteiger partial charge in [-0.2, -0.15) is 0 Å². The fraction of sp³-hybridized carbons (Fsp3) is 0.0714. The van der Waals surface area contributed by atoms with Crippen molar-refractivity contribution in [1.82, 2.24) is 5.32 Å². The monoisotopic (exact) mass is 389 g/mol. The van der Waals surface area contributed by atoms with Gasteiger partial charge in [0.05, 0.1) is 4.90 Å². The normalized spacial score (nSPS) is 11.1. The molecule has 4 N–H and O–H groups in total. The van der Waals surface area contributed by atoms with Crippen molar-refractivity contribution in [3.63, 3.8) is 0 Å². The van der Waals surface area contributed by atoms with E-state index in [9.17, 15) is 8.42 Å². The molecule has 122 valence electrons. The zero-order valence-corrected chi connectivity index (χ0v) is 14.9. The van der Waals surface area contributed by atoms with Crippen molar-refractivity contribution in [2.24, 2.45) is 5.14 Å². The SMILES string of the molecule is NS(=O)(=O)c1ccc(NC(=S)NCc2ccc(Cl)cc2Cl)cc1. The third-order valence-corrected chi connectivity index (χ3v) is 4.66. The molecule has 0 aliphatic carbocycles. The Hall–Kier alpha value is -1.38. The van der Waals surface area contributed by atoms with Crippen LogP contribution in [0.1, 0.15) is 5.56 Å². The van der Waals surface area contributed by atoms with E-state index in [0.29, 0.717) is 27.4 Å². The molecule has 0 bridgehead atoms. The molecule has 0 fully saturated rings. The molecule has 0 aromatic heterocycles. The number of thiocarbonyl (C=S) groups is 1. The molecular formula is C14H13Cl2N3O2S2.